The van der Waals surface area contributed by atoms with Gasteiger partial charge in [-0.15, -0.1) is 12.4 Å². The molecule has 2 aliphatic rings. The first-order valence-electron chi connectivity index (χ1n) is 8.20. The van der Waals surface area contributed by atoms with Crippen LogP contribution in [0, 0.1) is 0 Å². The zero-order valence-electron chi connectivity index (χ0n) is 13.7. The van der Waals surface area contributed by atoms with Crippen LogP contribution in [-0.4, -0.2) is 53.0 Å². The highest BCUT2D eigenvalue weighted by molar-refractivity contribution is 5.98. The highest BCUT2D eigenvalue weighted by Gasteiger charge is 2.31. The quantitative estimate of drug-likeness (QED) is 0.707. The average Bonchev–Trinajstić information content (AvgIpc) is 3.23. The molecule has 0 aromatic heterocycles. The Labute approximate surface area is 152 Å². The number of benzene rings is 1. The molecule has 3 rings (SSSR count). The molecule has 1 aromatic rings. The molecular weight excluding hydrogens is 346 g/mol. The Hall–Kier alpha value is -2.12. The van der Waals surface area contributed by atoms with Crippen LogP contribution in [0.3, 0.4) is 0 Å². The van der Waals surface area contributed by atoms with E-state index >= 15 is 0 Å². The third-order valence-corrected chi connectivity index (χ3v) is 4.32. The van der Waals surface area contributed by atoms with Crippen molar-refractivity contribution in [1.82, 2.24) is 10.2 Å². The van der Waals surface area contributed by atoms with Crippen molar-refractivity contribution in [3.63, 3.8) is 0 Å². The van der Waals surface area contributed by atoms with Crippen LogP contribution in [0.2, 0.25) is 0 Å². The van der Waals surface area contributed by atoms with E-state index in [4.69, 9.17) is 5.11 Å². The van der Waals surface area contributed by atoms with Gasteiger partial charge in [0.1, 0.15) is 6.04 Å². The first-order chi connectivity index (χ1) is 11.5. The second-order valence-corrected chi connectivity index (χ2v) is 6.34. The molecule has 1 heterocycles. The Bertz CT molecular complexity index is 663. The third-order valence-electron chi connectivity index (χ3n) is 4.32. The van der Waals surface area contributed by atoms with E-state index in [1.165, 1.54) is 0 Å². The molecule has 8 heteroatoms. The molecule has 1 saturated heterocycles. The van der Waals surface area contributed by atoms with E-state index in [0.29, 0.717) is 24.2 Å². The van der Waals surface area contributed by atoms with Crippen LogP contribution in [0.5, 0.6) is 0 Å². The predicted molar refractivity (Wildman–Crippen MR) is 95.0 cm³/mol. The predicted octanol–water partition coefficient (Wildman–Crippen LogP) is 1.49. The van der Waals surface area contributed by atoms with Gasteiger partial charge in [-0.1, -0.05) is 6.07 Å². The van der Waals surface area contributed by atoms with Crippen molar-refractivity contribution in [2.24, 2.45) is 0 Å². The summed E-state index contributed by atoms with van der Waals surface area (Å²) in [6.45, 7) is 0.643. The number of anilines is 1. The van der Waals surface area contributed by atoms with Crippen molar-refractivity contribution in [2.75, 3.05) is 18.4 Å². The zero-order chi connectivity index (χ0) is 17.1. The van der Waals surface area contributed by atoms with Crippen molar-refractivity contribution >= 4 is 35.9 Å². The molecule has 1 unspecified atom stereocenters. The van der Waals surface area contributed by atoms with Crippen molar-refractivity contribution in [3.8, 4) is 0 Å². The van der Waals surface area contributed by atoms with E-state index in [2.05, 4.69) is 10.6 Å². The number of carbonyl (C=O) groups is 3. The van der Waals surface area contributed by atoms with Gasteiger partial charge >= 0.3 is 5.97 Å². The lowest BCUT2D eigenvalue weighted by Crippen LogP contribution is -2.40. The number of nitrogens with one attached hydrogen (secondary N) is 2. The first-order valence-corrected chi connectivity index (χ1v) is 8.20. The largest absolute Gasteiger partial charge is 0.480 e. The van der Waals surface area contributed by atoms with Gasteiger partial charge in [-0.25, -0.2) is 0 Å². The fourth-order valence-corrected chi connectivity index (χ4v) is 2.91. The molecule has 1 saturated carbocycles. The molecule has 0 spiro atoms. The maximum atomic E-state index is 12.2. The molecule has 0 radical (unpaired) electrons. The van der Waals surface area contributed by atoms with Crippen molar-refractivity contribution in [1.29, 1.82) is 0 Å². The van der Waals surface area contributed by atoms with Crippen molar-refractivity contribution in [2.45, 2.75) is 37.8 Å². The summed E-state index contributed by atoms with van der Waals surface area (Å²) in [6.07, 6.45) is 3.38. The summed E-state index contributed by atoms with van der Waals surface area (Å²) in [7, 11) is 0. The van der Waals surface area contributed by atoms with E-state index in [-0.39, 0.29) is 36.8 Å². The van der Waals surface area contributed by atoms with Crippen LogP contribution in [-0.2, 0) is 9.59 Å². The van der Waals surface area contributed by atoms with Gasteiger partial charge in [0.05, 0.1) is 6.54 Å². The van der Waals surface area contributed by atoms with Crippen LogP contribution >= 0.6 is 12.4 Å². The second kappa shape index (κ2) is 8.31. The van der Waals surface area contributed by atoms with E-state index < -0.39 is 12.0 Å². The Morgan fingerprint density at radius 2 is 1.96 bits per heavy atom. The number of nitrogens with zero attached hydrogens (tertiary/aromatic N) is 1. The molecule has 25 heavy (non-hydrogen) atoms. The number of carbonyl (C=O) groups excluding carboxylic acids is 2. The molecule has 2 amide bonds. The van der Waals surface area contributed by atoms with Gasteiger partial charge in [-0.05, 0) is 50.4 Å². The van der Waals surface area contributed by atoms with Crippen molar-refractivity contribution < 1.29 is 19.5 Å². The monoisotopic (exact) mass is 367 g/mol. The smallest absolute Gasteiger partial charge is 0.320 e. The van der Waals surface area contributed by atoms with Gasteiger partial charge in [0, 0.05) is 17.3 Å². The average molecular weight is 368 g/mol. The van der Waals surface area contributed by atoms with Crippen LogP contribution in [0.15, 0.2) is 24.3 Å². The summed E-state index contributed by atoms with van der Waals surface area (Å²) >= 11 is 0. The third kappa shape index (κ3) is 5.17. The molecule has 0 bridgehead atoms. The highest BCUT2D eigenvalue weighted by atomic mass is 35.5. The summed E-state index contributed by atoms with van der Waals surface area (Å²) < 4.78 is 0. The van der Waals surface area contributed by atoms with E-state index in [0.717, 1.165) is 19.3 Å². The molecule has 1 aliphatic heterocycles. The molecule has 2 fully saturated rings. The Morgan fingerprint density at radius 3 is 2.64 bits per heavy atom. The van der Waals surface area contributed by atoms with Gasteiger partial charge in [-0.2, -0.15) is 0 Å². The summed E-state index contributed by atoms with van der Waals surface area (Å²) in [6, 6.07) is 6.45. The minimum absolute atomic E-state index is 0. The van der Waals surface area contributed by atoms with Crippen molar-refractivity contribution in [3.05, 3.63) is 29.8 Å². The molecule has 1 aliphatic carbocycles. The van der Waals surface area contributed by atoms with Crippen LogP contribution in [0.25, 0.3) is 0 Å². The minimum Gasteiger partial charge on any atom is -0.480 e. The fourth-order valence-electron chi connectivity index (χ4n) is 2.91. The lowest BCUT2D eigenvalue weighted by atomic mass is 10.2. The Balaban J connectivity index is 0.00000225. The number of hydrogen-bond acceptors (Lipinski definition) is 4. The van der Waals surface area contributed by atoms with Gasteiger partial charge in [0.25, 0.3) is 5.91 Å². The number of aliphatic carboxylic acids is 1. The molecule has 136 valence electrons. The maximum absolute atomic E-state index is 12.2. The summed E-state index contributed by atoms with van der Waals surface area (Å²) in [5, 5.41) is 14.8. The van der Waals surface area contributed by atoms with Gasteiger partial charge in [-0.3, -0.25) is 19.3 Å². The number of carboxylic acid groups (broad SMARTS) is 1. The summed E-state index contributed by atoms with van der Waals surface area (Å²) in [5.74, 6) is -1.30. The zero-order valence-corrected chi connectivity index (χ0v) is 14.6. The van der Waals surface area contributed by atoms with Crippen LogP contribution in [0.4, 0.5) is 5.69 Å². The van der Waals surface area contributed by atoms with Gasteiger partial charge < -0.3 is 15.7 Å². The number of rotatable bonds is 6. The lowest BCUT2D eigenvalue weighted by molar-refractivity contribution is -0.142. The van der Waals surface area contributed by atoms with Gasteiger partial charge in [0.15, 0.2) is 0 Å². The number of carboxylic acids is 1. The normalized spacial score (nSPS) is 19.8. The van der Waals surface area contributed by atoms with Crippen LogP contribution < -0.4 is 10.6 Å². The highest BCUT2D eigenvalue weighted by Crippen LogP contribution is 2.20. The van der Waals surface area contributed by atoms with Crippen LogP contribution in [0.1, 0.15) is 36.0 Å². The van der Waals surface area contributed by atoms with E-state index in [1.807, 2.05) is 0 Å². The molecule has 1 aromatic carbocycles. The molecule has 3 N–H and O–H groups in total. The number of likely N-dealkylation sites (tertiary alicyclic amines) is 1. The number of halogens is 1. The Morgan fingerprint density at radius 1 is 1.20 bits per heavy atom. The standard InChI is InChI=1S/C17H21N3O4.ClH/c21-15(10-20-8-2-5-14(20)17(23)24)18-13-4-1-3-11(9-13)16(22)19-12-6-7-12;/h1,3-4,9,12,14H,2,5-8,10H2,(H,18,21)(H,19,22)(H,23,24);1H. The number of amides is 2. The topological polar surface area (TPSA) is 98.7 Å². The minimum atomic E-state index is -0.890. The molecule has 7 nitrogen and oxygen atoms in total. The molecular formula is C17H22ClN3O4. The number of hydrogen-bond donors (Lipinski definition) is 3. The Kier molecular flexibility index (Phi) is 6.39. The lowest BCUT2D eigenvalue weighted by Gasteiger charge is -2.20. The maximum Gasteiger partial charge on any atom is 0.320 e. The summed E-state index contributed by atoms with van der Waals surface area (Å²) in [4.78, 5) is 37.0. The SMILES string of the molecule is Cl.O=C(CN1CCCC1C(=O)O)Nc1cccc(C(=O)NC2CC2)c1. The second-order valence-electron chi connectivity index (χ2n) is 6.34. The van der Waals surface area contributed by atoms with E-state index in [1.54, 1.807) is 29.2 Å². The fraction of sp³-hybridized carbons (Fsp3) is 0.471. The van der Waals surface area contributed by atoms with E-state index in [9.17, 15) is 14.4 Å². The van der Waals surface area contributed by atoms with Gasteiger partial charge in [0.2, 0.25) is 5.91 Å². The molecule has 1 atom stereocenters. The first kappa shape index (κ1) is 19.2. The summed E-state index contributed by atoms with van der Waals surface area (Å²) in [5.41, 5.74) is 1.04.